The number of piperazine rings is 1. The molecule has 0 radical (unpaired) electrons. The van der Waals surface area contributed by atoms with E-state index in [1.807, 2.05) is 37.3 Å². The molecule has 0 atom stereocenters. The van der Waals surface area contributed by atoms with Gasteiger partial charge in [-0.3, -0.25) is 0 Å². The van der Waals surface area contributed by atoms with Crippen LogP contribution in [-0.2, 0) is 22.9 Å². The smallest absolute Gasteiger partial charge is 0.243 e. The quantitative estimate of drug-likeness (QED) is 0.542. The second kappa shape index (κ2) is 9.57. The van der Waals surface area contributed by atoms with Gasteiger partial charge in [0.15, 0.2) is 0 Å². The van der Waals surface area contributed by atoms with E-state index < -0.39 is 10.0 Å². The van der Waals surface area contributed by atoms with Crippen molar-refractivity contribution in [1.29, 1.82) is 0 Å². The SMILES string of the molecule is CCc1nc(C)nc(N2CCN(S(=O)(=O)c3ccccc3)CC2)c1Cc1ccc(Cl)cc1. The lowest BCUT2D eigenvalue weighted by atomic mass is 10.0. The molecule has 0 unspecified atom stereocenters. The van der Waals surface area contributed by atoms with Gasteiger partial charge in [0.25, 0.3) is 0 Å². The third kappa shape index (κ3) is 4.80. The van der Waals surface area contributed by atoms with Gasteiger partial charge in [-0.2, -0.15) is 4.31 Å². The number of sulfonamides is 1. The summed E-state index contributed by atoms with van der Waals surface area (Å²) in [6.07, 6.45) is 1.51. The van der Waals surface area contributed by atoms with E-state index in [1.165, 1.54) is 0 Å². The highest BCUT2D eigenvalue weighted by Gasteiger charge is 2.30. The summed E-state index contributed by atoms with van der Waals surface area (Å²) in [7, 11) is -3.49. The molecule has 1 fully saturated rings. The number of nitrogens with zero attached hydrogens (tertiary/aromatic N) is 4. The number of rotatable bonds is 6. The van der Waals surface area contributed by atoms with E-state index in [0.29, 0.717) is 42.5 Å². The molecule has 1 saturated heterocycles. The maximum atomic E-state index is 13.0. The summed E-state index contributed by atoms with van der Waals surface area (Å²) >= 11 is 6.06. The van der Waals surface area contributed by atoms with E-state index in [0.717, 1.165) is 34.9 Å². The minimum absolute atomic E-state index is 0.336. The number of aryl methyl sites for hydroxylation is 2. The molecule has 3 aromatic rings. The molecule has 0 saturated carbocycles. The van der Waals surface area contributed by atoms with Gasteiger partial charge in [0.2, 0.25) is 10.0 Å². The van der Waals surface area contributed by atoms with E-state index >= 15 is 0 Å². The van der Waals surface area contributed by atoms with Gasteiger partial charge < -0.3 is 4.90 Å². The van der Waals surface area contributed by atoms with Gasteiger partial charge in [0.05, 0.1) is 4.90 Å². The molecule has 0 aliphatic carbocycles. The van der Waals surface area contributed by atoms with Crippen LogP contribution in [0.1, 0.15) is 29.6 Å². The summed E-state index contributed by atoms with van der Waals surface area (Å²) in [6.45, 7) is 6.01. The van der Waals surface area contributed by atoms with Crippen LogP contribution >= 0.6 is 11.6 Å². The molecular formula is C24H27ClN4O2S. The van der Waals surface area contributed by atoms with Crippen LogP contribution in [0.4, 0.5) is 5.82 Å². The average molecular weight is 471 g/mol. The van der Waals surface area contributed by atoms with E-state index in [4.69, 9.17) is 16.6 Å². The predicted molar refractivity (Wildman–Crippen MR) is 128 cm³/mol. The number of benzene rings is 2. The third-order valence-electron chi connectivity index (χ3n) is 5.73. The van der Waals surface area contributed by atoms with Crippen molar-refractivity contribution in [2.75, 3.05) is 31.1 Å². The lowest BCUT2D eigenvalue weighted by Gasteiger charge is -2.36. The van der Waals surface area contributed by atoms with E-state index in [2.05, 4.69) is 16.8 Å². The first kappa shape index (κ1) is 22.7. The molecule has 6 nitrogen and oxygen atoms in total. The van der Waals surface area contributed by atoms with Crippen molar-refractivity contribution in [3.05, 3.63) is 82.3 Å². The van der Waals surface area contributed by atoms with Crippen LogP contribution in [0.3, 0.4) is 0 Å². The molecule has 168 valence electrons. The summed E-state index contributed by atoms with van der Waals surface area (Å²) in [6, 6.07) is 16.5. The van der Waals surface area contributed by atoms with E-state index in [-0.39, 0.29) is 0 Å². The Morgan fingerprint density at radius 3 is 2.22 bits per heavy atom. The lowest BCUT2D eigenvalue weighted by Crippen LogP contribution is -2.49. The summed E-state index contributed by atoms with van der Waals surface area (Å²) in [5.41, 5.74) is 3.27. The Hall–Kier alpha value is -2.48. The molecule has 8 heteroatoms. The normalized spacial score (nSPS) is 15.2. The van der Waals surface area contributed by atoms with Gasteiger partial charge in [-0.25, -0.2) is 18.4 Å². The van der Waals surface area contributed by atoms with Crippen LogP contribution in [0.25, 0.3) is 0 Å². The summed E-state index contributed by atoms with van der Waals surface area (Å²) in [5, 5.41) is 0.709. The molecule has 0 N–H and O–H groups in total. The van der Waals surface area contributed by atoms with Gasteiger partial charge in [0, 0.05) is 48.9 Å². The molecular weight excluding hydrogens is 444 g/mol. The zero-order valence-electron chi connectivity index (χ0n) is 18.3. The molecule has 0 spiro atoms. The number of anilines is 1. The van der Waals surface area contributed by atoms with Gasteiger partial charge in [0.1, 0.15) is 11.6 Å². The molecule has 1 aromatic heterocycles. The van der Waals surface area contributed by atoms with Crippen molar-refractivity contribution < 1.29 is 8.42 Å². The van der Waals surface area contributed by atoms with Crippen molar-refractivity contribution in [3.63, 3.8) is 0 Å². The first-order valence-electron chi connectivity index (χ1n) is 10.8. The van der Waals surface area contributed by atoms with Crippen LogP contribution < -0.4 is 4.90 Å². The number of hydrogen-bond donors (Lipinski definition) is 0. The monoisotopic (exact) mass is 470 g/mol. The minimum Gasteiger partial charge on any atom is -0.354 e. The maximum Gasteiger partial charge on any atom is 0.243 e. The molecule has 32 heavy (non-hydrogen) atoms. The Kier molecular flexibility index (Phi) is 6.79. The topological polar surface area (TPSA) is 66.4 Å². The van der Waals surface area contributed by atoms with Crippen molar-refractivity contribution >= 4 is 27.4 Å². The summed E-state index contributed by atoms with van der Waals surface area (Å²) in [5.74, 6) is 1.64. The van der Waals surface area contributed by atoms with Crippen molar-refractivity contribution in [3.8, 4) is 0 Å². The zero-order chi connectivity index (χ0) is 22.7. The first-order valence-corrected chi connectivity index (χ1v) is 12.6. The molecule has 4 rings (SSSR count). The zero-order valence-corrected chi connectivity index (χ0v) is 19.9. The predicted octanol–water partition coefficient (Wildman–Crippen LogP) is 4.10. The van der Waals surface area contributed by atoms with Crippen LogP contribution in [-0.4, -0.2) is 48.9 Å². The fraction of sp³-hybridized carbons (Fsp3) is 0.333. The standard InChI is InChI=1S/C24H27ClN4O2S/c1-3-23-22(17-19-9-11-20(25)12-10-19)24(27-18(2)26-23)28-13-15-29(16-14-28)32(30,31)21-7-5-4-6-8-21/h4-12H,3,13-17H2,1-2H3. The highest BCUT2D eigenvalue weighted by molar-refractivity contribution is 7.89. The van der Waals surface area contributed by atoms with Crippen LogP contribution in [0, 0.1) is 6.92 Å². The highest BCUT2D eigenvalue weighted by atomic mass is 35.5. The molecule has 0 amide bonds. The van der Waals surface area contributed by atoms with Crippen molar-refractivity contribution in [2.45, 2.75) is 31.6 Å². The molecule has 2 heterocycles. The largest absolute Gasteiger partial charge is 0.354 e. The third-order valence-corrected chi connectivity index (χ3v) is 7.90. The lowest BCUT2D eigenvalue weighted by molar-refractivity contribution is 0.383. The Bertz CT molecular complexity index is 1180. The van der Waals surface area contributed by atoms with Crippen molar-refractivity contribution in [1.82, 2.24) is 14.3 Å². The summed E-state index contributed by atoms with van der Waals surface area (Å²) in [4.78, 5) is 12.0. The Labute approximate surface area is 194 Å². The summed E-state index contributed by atoms with van der Waals surface area (Å²) < 4.78 is 27.5. The maximum absolute atomic E-state index is 13.0. The van der Waals surface area contributed by atoms with Gasteiger partial charge in [-0.1, -0.05) is 48.9 Å². The van der Waals surface area contributed by atoms with E-state index in [9.17, 15) is 8.42 Å². The molecule has 0 bridgehead atoms. The van der Waals surface area contributed by atoms with Gasteiger partial charge in [-0.05, 0) is 43.2 Å². The Morgan fingerprint density at radius 2 is 1.59 bits per heavy atom. The molecule has 2 aromatic carbocycles. The number of aromatic nitrogens is 2. The van der Waals surface area contributed by atoms with Crippen LogP contribution in [0.15, 0.2) is 59.5 Å². The fourth-order valence-corrected chi connectivity index (χ4v) is 5.63. The second-order valence-electron chi connectivity index (χ2n) is 7.88. The Morgan fingerprint density at radius 1 is 0.938 bits per heavy atom. The number of halogens is 1. The number of hydrogen-bond acceptors (Lipinski definition) is 5. The van der Waals surface area contributed by atoms with Crippen LogP contribution in [0.5, 0.6) is 0 Å². The van der Waals surface area contributed by atoms with Crippen molar-refractivity contribution in [2.24, 2.45) is 0 Å². The molecule has 1 aliphatic rings. The minimum atomic E-state index is -3.49. The van der Waals surface area contributed by atoms with Gasteiger partial charge >= 0.3 is 0 Å². The molecule has 1 aliphatic heterocycles. The first-order chi connectivity index (χ1) is 15.4. The highest BCUT2D eigenvalue weighted by Crippen LogP contribution is 2.27. The van der Waals surface area contributed by atoms with Crippen LogP contribution in [0.2, 0.25) is 5.02 Å². The van der Waals surface area contributed by atoms with E-state index in [1.54, 1.807) is 28.6 Å². The van der Waals surface area contributed by atoms with Gasteiger partial charge in [-0.15, -0.1) is 0 Å². The average Bonchev–Trinajstić information content (AvgIpc) is 2.82. The fourth-order valence-electron chi connectivity index (χ4n) is 4.06. The Balaban J connectivity index is 1.59. The second-order valence-corrected chi connectivity index (χ2v) is 10.3.